The lowest BCUT2D eigenvalue weighted by Crippen LogP contribution is -2.42. The van der Waals surface area contributed by atoms with Gasteiger partial charge in [-0.1, -0.05) is 60.7 Å². The van der Waals surface area contributed by atoms with Crippen LogP contribution in [0.25, 0.3) is 0 Å². The van der Waals surface area contributed by atoms with Gasteiger partial charge in [0.2, 0.25) is 0 Å². The van der Waals surface area contributed by atoms with Gasteiger partial charge in [0.25, 0.3) is 5.69 Å². The summed E-state index contributed by atoms with van der Waals surface area (Å²) in [6, 6.07) is 24.9. The van der Waals surface area contributed by atoms with Crippen molar-refractivity contribution >= 4 is 11.7 Å². The lowest BCUT2D eigenvalue weighted by molar-refractivity contribution is -0.384. The van der Waals surface area contributed by atoms with Gasteiger partial charge in [0, 0.05) is 25.2 Å². The minimum Gasteiger partial charge on any atom is -0.452 e. The van der Waals surface area contributed by atoms with Crippen molar-refractivity contribution in [1.82, 2.24) is 4.90 Å². The summed E-state index contributed by atoms with van der Waals surface area (Å²) in [5, 5.41) is 10.9. The zero-order valence-corrected chi connectivity index (χ0v) is 17.5. The lowest BCUT2D eigenvalue weighted by Gasteiger charge is -2.39. The molecule has 0 N–H and O–H groups in total. The Hall–Kier alpha value is -3.55. The van der Waals surface area contributed by atoms with E-state index in [0.29, 0.717) is 13.2 Å². The van der Waals surface area contributed by atoms with Crippen LogP contribution in [0.5, 0.6) is 0 Å². The van der Waals surface area contributed by atoms with Crippen LogP contribution in [0.3, 0.4) is 0 Å². The Bertz CT molecular complexity index is 1030. The van der Waals surface area contributed by atoms with E-state index in [9.17, 15) is 14.9 Å². The maximum Gasteiger partial charge on any atom is 0.338 e. The predicted octanol–water partition coefficient (Wildman–Crippen LogP) is 4.57. The molecule has 1 saturated heterocycles. The number of hydrogen-bond acceptors (Lipinski definition) is 6. The second-order valence-corrected chi connectivity index (χ2v) is 7.54. The molecule has 0 amide bonds. The number of non-ortho nitro benzene ring substituents is 1. The first-order valence-corrected chi connectivity index (χ1v) is 10.5. The highest BCUT2D eigenvalue weighted by molar-refractivity contribution is 5.89. The standard InChI is InChI=1S/C25H24N2O5/c28-25(21-11-13-22(14-12-21)27(29)30)32-24(20-9-5-2-6-10-20)23(19-7-3-1-4-8-19)26-15-17-31-18-16-26/h1-14,23-24H,15-18H2. The van der Waals surface area contributed by atoms with E-state index in [-0.39, 0.29) is 17.3 Å². The van der Waals surface area contributed by atoms with Crippen molar-refractivity contribution in [2.24, 2.45) is 0 Å². The predicted molar refractivity (Wildman–Crippen MR) is 119 cm³/mol. The van der Waals surface area contributed by atoms with Gasteiger partial charge in [0.15, 0.2) is 0 Å². The molecule has 2 atom stereocenters. The summed E-state index contributed by atoms with van der Waals surface area (Å²) in [6.07, 6.45) is -0.570. The number of carbonyl (C=O) groups excluding carboxylic acids is 1. The highest BCUT2D eigenvalue weighted by Crippen LogP contribution is 2.38. The highest BCUT2D eigenvalue weighted by Gasteiger charge is 2.34. The molecule has 3 aromatic carbocycles. The summed E-state index contributed by atoms with van der Waals surface area (Å²) in [4.78, 5) is 25.8. The van der Waals surface area contributed by atoms with Crippen molar-refractivity contribution in [3.05, 3.63) is 112 Å². The Balaban J connectivity index is 1.70. The van der Waals surface area contributed by atoms with Crippen LogP contribution in [0.4, 0.5) is 5.69 Å². The number of nitrogens with zero attached hydrogens (tertiary/aromatic N) is 2. The number of morpholine rings is 1. The third kappa shape index (κ3) is 5.01. The Kier molecular flexibility index (Phi) is 6.89. The number of esters is 1. The van der Waals surface area contributed by atoms with E-state index >= 15 is 0 Å². The zero-order chi connectivity index (χ0) is 22.3. The summed E-state index contributed by atoms with van der Waals surface area (Å²) in [5.74, 6) is -0.525. The van der Waals surface area contributed by atoms with Crippen LogP contribution in [-0.2, 0) is 9.47 Å². The molecule has 2 unspecified atom stereocenters. The molecule has 0 bridgehead atoms. The monoisotopic (exact) mass is 432 g/mol. The summed E-state index contributed by atoms with van der Waals surface area (Å²) >= 11 is 0. The van der Waals surface area contributed by atoms with E-state index in [0.717, 1.165) is 24.2 Å². The van der Waals surface area contributed by atoms with Gasteiger partial charge in [-0.3, -0.25) is 15.0 Å². The minimum atomic E-state index is -0.570. The SMILES string of the molecule is O=C(OC(c1ccccc1)C(c1ccccc1)N1CCOCC1)c1ccc([N+](=O)[O-])cc1. The number of carbonyl (C=O) groups is 1. The number of rotatable bonds is 7. The molecular formula is C25H24N2O5. The maximum absolute atomic E-state index is 13.1. The largest absolute Gasteiger partial charge is 0.452 e. The van der Waals surface area contributed by atoms with Crippen molar-refractivity contribution in [3.63, 3.8) is 0 Å². The molecule has 0 aromatic heterocycles. The summed E-state index contributed by atoms with van der Waals surface area (Å²) in [5.41, 5.74) is 2.12. The molecule has 0 spiro atoms. The molecule has 1 aliphatic rings. The van der Waals surface area contributed by atoms with Crippen molar-refractivity contribution < 1.29 is 19.2 Å². The molecule has 3 aromatic rings. The fraction of sp³-hybridized carbons (Fsp3) is 0.240. The Morgan fingerprint density at radius 1 is 0.875 bits per heavy atom. The topological polar surface area (TPSA) is 81.9 Å². The fourth-order valence-corrected chi connectivity index (χ4v) is 3.94. The average Bonchev–Trinajstić information content (AvgIpc) is 2.85. The molecule has 7 nitrogen and oxygen atoms in total. The Labute approximate surface area is 186 Å². The molecule has 0 saturated carbocycles. The Morgan fingerprint density at radius 3 is 2.00 bits per heavy atom. The van der Waals surface area contributed by atoms with Crippen molar-refractivity contribution in [3.8, 4) is 0 Å². The van der Waals surface area contributed by atoms with Crippen LogP contribution in [0.2, 0.25) is 0 Å². The van der Waals surface area contributed by atoms with E-state index < -0.39 is 17.0 Å². The first kappa shape index (κ1) is 21.7. The highest BCUT2D eigenvalue weighted by atomic mass is 16.6. The molecule has 164 valence electrons. The number of ether oxygens (including phenoxy) is 2. The van der Waals surface area contributed by atoms with Gasteiger partial charge in [-0.05, 0) is 23.3 Å². The minimum absolute atomic E-state index is 0.0726. The second kappa shape index (κ2) is 10.2. The quantitative estimate of drug-likeness (QED) is 0.309. The van der Waals surface area contributed by atoms with E-state index in [1.165, 1.54) is 24.3 Å². The molecule has 32 heavy (non-hydrogen) atoms. The van der Waals surface area contributed by atoms with E-state index in [4.69, 9.17) is 9.47 Å². The molecule has 4 rings (SSSR count). The van der Waals surface area contributed by atoms with Crippen LogP contribution in [-0.4, -0.2) is 42.1 Å². The van der Waals surface area contributed by atoms with E-state index in [2.05, 4.69) is 4.90 Å². The van der Waals surface area contributed by atoms with Gasteiger partial charge in [0.05, 0.1) is 29.7 Å². The Morgan fingerprint density at radius 2 is 1.44 bits per heavy atom. The van der Waals surface area contributed by atoms with Crippen LogP contribution in [0.1, 0.15) is 33.6 Å². The normalized spacial score (nSPS) is 16.1. The molecule has 1 aliphatic heterocycles. The molecular weight excluding hydrogens is 408 g/mol. The van der Waals surface area contributed by atoms with Crippen LogP contribution < -0.4 is 0 Å². The maximum atomic E-state index is 13.1. The van der Waals surface area contributed by atoms with Gasteiger partial charge in [-0.2, -0.15) is 0 Å². The summed E-state index contributed by atoms with van der Waals surface area (Å²) in [7, 11) is 0. The smallest absolute Gasteiger partial charge is 0.338 e. The molecule has 0 aliphatic carbocycles. The summed E-state index contributed by atoms with van der Waals surface area (Å²) < 4.78 is 11.6. The van der Waals surface area contributed by atoms with Gasteiger partial charge in [0.1, 0.15) is 6.10 Å². The average molecular weight is 432 g/mol. The summed E-state index contributed by atoms with van der Waals surface area (Å²) in [6.45, 7) is 2.66. The van der Waals surface area contributed by atoms with Gasteiger partial charge in [-0.15, -0.1) is 0 Å². The van der Waals surface area contributed by atoms with Crippen molar-refractivity contribution in [2.45, 2.75) is 12.1 Å². The van der Waals surface area contributed by atoms with E-state index in [1.54, 1.807) is 0 Å². The first-order chi connectivity index (χ1) is 15.6. The number of hydrogen-bond donors (Lipinski definition) is 0. The van der Waals surface area contributed by atoms with Gasteiger partial charge >= 0.3 is 5.97 Å². The first-order valence-electron chi connectivity index (χ1n) is 10.5. The molecule has 7 heteroatoms. The molecule has 1 fully saturated rings. The number of nitro groups is 1. The van der Waals surface area contributed by atoms with Gasteiger partial charge < -0.3 is 9.47 Å². The number of benzene rings is 3. The van der Waals surface area contributed by atoms with Crippen molar-refractivity contribution in [1.29, 1.82) is 0 Å². The van der Waals surface area contributed by atoms with Gasteiger partial charge in [-0.25, -0.2) is 4.79 Å². The van der Waals surface area contributed by atoms with Crippen molar-refractivity contribution in [2.75, 3.05) is 26.3 Å². The lowest BCUT2D eigenvalue weighted by atomic mass is 9.93. The van der Waals surface area contributed by atoms with Crippen LogP contribution >= 0.6 is 0 Å². The molecule has 0 radical (unpaired) electrons. The second-order valence-electron chi connectivity index (χ2n) is 7.54. The molecule has 1 heterocycles. The third-order valence-corrected chi connectivity index (χ3v) is 5.54. The fourth-order valence-electron chi connectivity index (χ4n) is 3.94. The van der Waals surface area contributed by atoms with Crippen LogP contribution in [0, 0.1) is 10.1 Å². The van der Waals surface area contributed by atoms with E-state index in [1.807, 2.05) is 60.7 Å². The third-order valence-electron chi connectivity index (χ3n) is 5.54. The van der Waals surface area contributed by atoms with Crippen LogP contribution in [0.15, 0.2) is 84.9 Å². The zero-order valence-electron chi connectivity index (χ0n) is 17.5. The number of nitro benzene ring substituents is 1.